The maximum Gasteiger partial charge on any atom is 0.136 e. The van der Waals surface area contributed by atoms with Crippen LogP contribution in [0.4, 0.5) is 4.39 Å². The first-order chi connectivity index (χ1) is 6.61. The molecular formula is C9H9FN4. The third-order valence-electron chi connectivity index (χ3n) is 2.12. The lowest BCUT2D eigenvalue weighted by molar-refractivity contribution is 0.625. The molecule has 0 aliphatic heterocycles. The fourth-order valence-electron chi connectivity index (χ4n) is 1.50. The molecule has 2 rings (SSSR count). The first-order valence-electron chi connectivity index (χ1n) is 4.06. The number of fused-ring (bicyclic) bond motifs is 1. The van der Waals surface area contributed by atoms with Crippen LogP contribution in [0.5, 0.6) is 0 Å². The van der Waals surface area contributed by atoms with Crippen molar-refractivity contribution < 1.29 is 4.39 Å². The number of halogens is 1. The van der Waals surface area contributed by atoms with Crippen molar-refractivity contribution in [2.24, 2.45) is 12.8 Å². The van der Waals surface area contributed by atoms with Crippen molar-refractivity contribution in [3.63, 3.8) is 0 Å². The van der Waals surface area contributed by atoms with E-state index in [-0.39, 0.29) is 11.4 Å². The molecule has 0 saturated heterocycles. The molecule has 5 heteroatoms. The molecule has 0 bridgehead atoms. The second-order valence-corrected chi connectivity index (χ2v) is 3.04. The molecule has 72 valence electrons. The lowest BCUT2D eigenvalue weighted by atomic mass is 10.1. The molecule has 1 aromatic heterocycles. The number of hydrogen-bond donors (Lipinski definition) is 2. The Morgan fingerprint density at radius 2 is 2.29 bits per heavy atom. The Labute approximate surface area is 79.6 Å². The SMILES string of the molecule is Cn1ncc2ccc(F)c(C(=N)N)c21. The highest BCUT2D eigenvalue weighted by Crippen LogP contribution is 2.20. The predicted molar refractivity (Wildman–Crippen MR) is 51.7 cm³/mol. The highest BCUT2D eigenvalue weighted by atomic mass is 19.1. The summed E-state index contributed by atoms with van der Waals surface area (Å²) in [5.41, 5.74) is 5.98. The third-order valence-corrected chi connectivity index (χ3v) is 2.12. The number of nitrogens with two attached hydrogens (primary N) is 1. The van der Waals surface area contributed by atoms with E-state index < -0.39 is 5.82 Å². The molecule has 0 aliphatic rings. The molecule has 2 aromatic rings. The summed E-state index contributed by atoms with van der Waals surface area (Å²) in [4.78, 5) is 0. The average molecular weight is 192 g/mol. The zero-order valence-electron chi connectivity index (χ0n) is 7.58. The highest BCUT2D eigenvalue weighted by Gasteiger charge is 2.13. The van der Waals surface area contributed by atoms with Gasteiger partial charge in [0.1, 0.15) is 11.7 Å². The number of nitrogens with one attached hydrogen (secondary N) is 1. The van der Waals surface area contributed by atoms with Crippen molar-refractivity contribution >= 4 is 16.7 Å². The normalized spacial score (nSPS) is 10.7. The van der Waals surface area contributed by atoms with Crippen LogP contribution in [-0.2, 0) is 7.05 Å². The average Bonchev–Trinajstić information content (AvgIpc) is 2.47. The quantitative estimate of drug-likeness (QED) is 0.522. The summed E-state index contributed by atoms with van der Waals surface area (Å²) >= 11 is 0. The van der Waals surface area contributed by atoms with Gasteiger partial charge in [-0.1, -0.05) is 0 Å². The number of benzene rings is 1. The summed E-state index contributed by atoms with van der Waals surface area (Å²) in [5, 5.41) is 12.0. The van der Waals surface area contributed by atoms with Gasteiger partial charge in [0.25, 0.3) is 0 Å². The van der Waals surface area contributed by atoms with Crippen molar-refractivity contribution in [2.45, 2.75) is 0 Å². The van der Waals surface area contributed by atoms with Gasteiger partial charge in [-0.2, -0.15) is 5.10 Å². The summed E-state index contributed by atoms with van der Waals surface area (Å²) in [6, 6.07) is 2.91. The summed E-state index contributed by atoms with van der Waals surface area (Å²) in [6.45, 7) is 0. The van der Waals surface area contributed by atoms with Crippen LogP contribution in [-0.4, -0.2) is 15.6 Å². The van der Waals surface area contributed by atoms with Crippen LogP contribution in [0, 0.1) is 11.2 Å². The van der Waals surface area contributed by atoms with Crippen LogP contribution in [0.15, 0.2) is 18.3 Å². The minimum absolute atomic E-state index is 0.113. The van der Waals surface area contributed by atoms with Gasteiger partial charge < -0.3 is 5.73 Å². The Morgan fingerprint density at radius 3 is 2.93 bits per heavy atom. The zero-order chi connectivity index (χ0) is 10.3. The van der Waals surface area contributed by atoms with Crippen molar-refractivity contribution in [1.82, 2.24) is 9.78 Å². The largest absolute Gasteiger partial charge is 0.384 e. The monoisotopic (exact) mass is 192 g/mol. The summed E-state index contributed by atoms with van der Waals surface area (Å²) in [7, 11) is 1.69. The number of aromatic nitrogens is 2. The van der Waals surface area contributed by atoms with Gasteiger partial charge in [-0.15, -0.1) is 0 Å². The Balaban J connectivity index is 2.94. The molecule has 4 nitrogen and oxygen atoms in total. The molecule has 0 radical (unpaired) electrons. The van der Waals surface area contributed by atoms with Gasteiger partial charge in [-0.25, -0.2) is 4.39 Å². The van der Waals surface area contributed by atoms with Crippen LogP contribution in [0.2, 0.25) is 0 Å². The van der Waals surface area contributed by atoms with Crippen molar-refractivity contribution in [3.8, 4) is 0 Å². The highest BCUT2D eigenvalue weighted by molar-refractivity contribution is 6.06. The van der Waals surface area contributed by atoms with E-state index in [1.165, 1.54) is 10.7 Å². The summed E-state index contributed by atoms with van der Waals surface area (Å²) in [5.74, 6) is -0.773. The lowest BCUT2D eigenvalue weighted by Gasteiger charge is -2.04. The maximum absolute atomic E-state index is 13.4. The van der Waals surface area contributed by atoms with Crippen molar-refractivity contribution in [1.29, 1.82) is 5.41 Å². The number of hydrogen-bond acceptors (Lipinski definition) is 2. The maximum atomic E-state index is 13.4. The van der Waals surface area contributed by atoms with E-state index in [1.807, 2.05) is 0 Å². The first-order valence-corrected chi connectivity index (χ1v) is 4.06. The Morgan fingerprint density at radius 1 is 1.57 bits per heavy atom. The molecule has 0 amide bonds. The van der Waals surface area contributed by atoms with Crippen molar-refractivity contribution in [3.05, 3.63) is 29.7 Å². The smallest absolute Gasteiger partial charge is 0.136 e. The molecule has 3 N–H and O–H groups in total. The number of aryl methyl sites for hydroxylation is 1. The van der Waals surface area contributed by atoms with Crippen LogP contribution < -0.4 is 5.73 Å². The molecule has 0 atom stereocenters. The second-order valence-electron chi connectivity index (χ2n) is 3.04. The van der Waals surface area contributed by atoms with Gasteiger partial charge in [-0.05, 0) is 12.1 Å². The van der Waals surface area contributed by atoms with Gasteiger partial charge in [-0.3, -0.25) is 10.1 Å². The molecule has 1 aromatic carbocycles. The van der Waals surface area contributed by atoms with Crippen LogP contribution in [0.1, 0.15) is 5.56 Å². The van der Waals surface area contributed by atoms with Gasteiger partial charge >= 0.3 is 0 Å². The van der Waals surface area contributed by atoms with E-state index >= 15 is 0 Å². The summed E-state index contributed by atoms with van der Waals surface area (Å²) < 4.78 is 14.9. The molecule has 0 saturated carbocycles. The molecule has 0 fully saturated rings. The van der Waals surface area contributed by atoms with Gasteiger partial charge in [0.2, 0.25) is 0 Å². The number of rotatable bonds is 1. The lowest BCUT2D eigenvalue weighted by Crippen LogP contribution is -2.15. The molecule has 0 spiro atoms. The predicted octanol–water partition coefficient (Wildman–Crippen LogP) is 0.996. The second kappa shape index (κ2) is 2.80. The Bertz CT molecular complexity index is 515. The Kier molecular flexibility index (Phi) is 1.73. The van der Waals surface area contributed by atoms with Crippen LogP contribution in [0.3, 0.4) is 0 Å². The van der Waals surface area contributed by atoms with E-state index in [1.54, 1.807) is 19.3 Å². The topological polar surface area (TPSA) is 67.7 Å². The van der Waals surface area contributed by atoms with Crippen LogP contribution in [0.25, 0.3) is 10.9 Å². The Hall–Kier alpha value is -1.91. The van der Waals surface area contributed by atoms with Crippen LogP contribution >= 0.6 is 0 Å². The molecule has 0 aliphatic carbocycles. The fraction of sp³-hybridized carbons (Fsp3) is 0.111. The minimum atomic E-state index is -0.492. The van der Waals surface area contributed by atoms with E-state index in [2.05, 4.69) is 5.10 Å². The summed E-state index contributed by atoms with van der Waals surface area (Å²) in [6.07, 6.45) is 1.61. The first kappa shape index (κ1) is 8.68. The molecule has 1 heterocycles. The zero-order valence-corrected chi connectivity index (χ0v) is 7.58. The van der Waals surface area contributed by atoms with E-state index in [0.29, 0.717) is 5.52 Å². The van der Waals surface area contributed by atoms with Gasteiger partial charge in [0.15, 0.2) is 0 Å². The van der Waals surface area contributed by atoms with Crippen molar-refractivity contribution in [2.75, 3.05) is 0 Å². The van der Waals surface area contributed by atoms with Gasteiger partial charge in [0, 0.05) is 12.4 Å². The molecule has 14 heavy (non-hydrogen) atoms. The van der Waals surface area contributed by atoms with E-state index in [9.17, 15) is 4.39 Å². The third kappa shape index (κ3) is 1.06. The standard InChI is InChI=1S/C9H9FN4/c1-14-8-5(4-13-14)2-3-6(10)7(8)9(11)12/h2-4H,1H3,(H3,11,12). The number of amidine groups is 1. The van der Waals surface area contributed by atoms with E-state index in [0.717, 1.165) is 5.39 Å². The fourth-order valence-corrected chi connectivity index (χ4v) is 1.50. The minimum Gasteiger partial charge on any atom is -0.384 e. The van der Waals surface area contributed by atoms with Gasteiger partial charge in [0.05, 0.1) is 17.3 Å². The number of nitrogen functional groups attached to an aromatic ring is 1. The molecular weight excluding hydrogens is 183 g/mol. The molecule has 0 unspecified atom stereocenters. The van der Waals surface area contributed by atoms with E-state index in [4.69, 9.17) is 11.1 Å². The number of nitrogens with zero attached hydrogens (tertiary/aromatic N) is 2.